The molecule has 1 N–H and O–H groups in total. The van der Waals surface area contributed by atoms with E-state index in [0.717, 1.165) is 18.1 Å². The summed E-state index contributed by atoms with van der Waals surface area (Å²) in [4.78, 5) is 2.29. The molecule has 0 saturated heterocycles. The van der Waals surface area contributed by atoms with Gasteiger partial charge in [-0.25, -0.2) is 0 Å². The van der Waals surface area contributed by atoms with Gasteiger partial charge >= 0.3 is 0 Å². The van der Waals surface area contributed by atoms with Crippen molar-refractivity contribution in [3.63, 3.8) is 0 Å². The van der Waals surface area contributed by atoms with Crippen LogP contribution in [0.1, 0.15) is 45.6 Å². The molecule has 0 unspecified atom stereocenters. The van der Waals surface area contributed by atoms with Gasteiger partial charge in [-0.1, -0.05) is 57.3 Å². The Balaban J connectivity index is 2.78. The van der Waals surface area contributed by atoms with Crippen LogP contribution in [0, 0.1) is 0 Å². The number of para-hydroxylation sites is 1. The van der Waals surface area contributed by atoms with Crippen molar-refractivity contribution in [3.8, 4) is 0 Å². The molecule has 1 aromatic carbocycles. The fourth-order valence-corrected chi connectivity index (χ4v) is 2.49. The first kappa shape index (κ1) is 16.3. The SMILES string of the molecule is CCCCCN(C)c1c(Cl)cccc1CNC(C)C. The van der Waals surface area contributed by atoms with Crippen molar-refractivity contribution < 1.29 is 0 Å². The number of hydrogen-bond donors (Lipinski definition) is 1. The lowest BCUT2D eigenvalue weighted by atomic mass is 10.1. The Labute approximate surface area is 123 Å². The molecule has 0 radical (unpaired) electrons. The van der Waals surface area contributed by atoms with Crippen LogP contribution in [0.25, 0.3) is 0 Å². The largest absolute Gasteiger partial charge is 0.373 e. The summed E-state index contributed by atoms with van der Waals surface area (Å²) < 4.78 is 0. The van der Waals surface area contributed by atoms with Crippen molar-refractivity contribution in [2.24, 2.45) is 0 Å². The number of rotatable bonds is 8. The molecule has 1 aromatic rings. The highest BCUT2D eigenvalue weighted by atomic mass is 35.5. The summed E-state index contributed by atoms with van der Waals surface area (Å²) in [5.41, 5.74) is 2.45. The van der Waals surface area contributed by atoms with E-state index in [0.29, 0.717) is 6.04 Å². The first-order valence-electron chi connectivity index (χ1n) is 7.28. The zero-order chi connectivity index (χ0) is 14.3. The molecule has 0 aliphatic rings. The molecule has 0 atom stereocenters. The Morgan fingerprint density at radius 2 is 2.00 bits per heavy atom. The van der Waals surface area contributed by atoms with E-state index in [1.807, 2.05) is 12.1 Å². The monoisotopic (exact) mass is 282 g/mol. The minimum Gasteiger partial charge on any atom is -0.373 e. The van der Waals surface area contributed by atoms with Gasteiger partial charge in [0.05, 0.1) is 10.7 Å². The topological polar surface area (TPSA) is 15.3 Å². The Hall–Kier alpha value is -0.730. The van der Waals surface area contributed by atoms with E-state index in [9.17, 15) is 0 Å². The molecule has 0 amide bonds. The fraction of sp³-hybridized carbons (Fsp3) is 0.625. The number of nitrogens with zero attached hydrogens (tertiary/aromatic N) is 1. The Morgan fingerprint density at radius 1 is 1.26 bits per heavy atom. The second kappa shape index (κ2) is 8.44. The lowest BCUT2D eigenvalue weighted by molar-refractivity contribution is 0.588. The van der Waals surface area contributed by atoms with E-state index in [1.54, 1.807) is 0 Å². The standard InChI is InChI=1S/C16H27ClN2/c1-5-6-7-11-19(4)16-14(12-18-13(2)3)9-8-10-15(16)17/h8-10,13,18H,5-7,11-12H2,1-4H3. The van der Waals surface area contributed by atoms with Gasteiger partial charge in [0.25, 0.3) is 0 Å². The third kappa shape index (κ3) is 5.42. The van der Waals surface area contributed by atoms with E-state index in [-0.39, 0.29) is 0 Å². The number of anilines is 1. The van der Waals surface area contributed by atoms with Gasteiger partial charge in [0.2, 0.25) is 0 Å². The molecule has 0 heterocycles. The van der Waals surface area contributed by atoms with Crippen LogP contribution in [0.5, 0.6) is 0 Å². The molecule has 0 aliphatic carbocycles. The Bertz CT molecular complexity index is 377. The minimum atomic E-state index is 0.484. The van der Waals surface area contributed by atoms with Crippen molar-refractivity contribution >= 4 is 17.3 Å². The third-order valence-electron chi connectivity index (χ3n) is 3.25. The Morgan fingerprint density at radius 3 is 2.63 bits per heavy atom. The molecule has 0 saturated carbocycles. The highest BCUT2D eigenvalue weighted by Crippen LogP contribution is 2.29. The molecule has 19 heavy (non-hydrogen) atoms. The van der Waals surface area contributed by atoms with E-state index >= 15 is 0 Å². The average Bonchev–Trinajstić information content (AvgIpc) is 2.36. The molecule has 1 rings (SSSR count). The van der Waals surface area contributed by atoms with Gasteiger partial charge in [0.1, 0.15) is 0 Å². The van der Waals surface area contributed by atoms with Crippen molar-refractivity contribution in [1.82, 2.24) is 5.32 Å². The molecular weight excluding hydrogens is 256 g/mol. The molecule has 108 valence electrons. The van der Waals surface area contributed by atoms with Gasteiger partial charge in [-0.15, -0.1) is 0 Å². The van der Waals surface area contributed by atoms with Gasteiger partial charge in [-0.2, -0.15) is 0 Å². The second-order valence-electron chi connectivity index (χ2n) is 5.41. The summed E-state index contributed by atoms with van der Waals surface area (Å²) >= 11 is 6.38. The quantitative estimate of drug-likeness (QED) is 0.708. The molecule has 0 aromatic heterocycles. The lowest BCUT2D eigenvalue weighted by Crippen LogP contribution is -2.25. The van der Waals surface area contributed by atoms with Gasteiger partial charge in [0, 0.05) is 26.2 Å². The maximum atomic E-state index is 6.38. The highest BCUT2D eigenvalue weighted by Gasteiger charge is 2.11. The zero-order valence-corrected chi connectivity index (χ0v) is 13.4. The fourth-order valence-electron chi connectivity index (χ4n) is 2.15. The van der Waals surface area contributed by atoms with Crippen LogP contribution in [0.4, 0.5) is 5.69 Å². The van der Waals surface area contributed by atoms with Crippen LogP contribution in [0.2, 0.25) is 5.02 Å². The van der Waals surface area contributed by atoms with E-state index in [4.69, 9.17) is 11.6 Å². The maximum absolute atomic E-state index is 6.38. The van der Waals surface area contributed by atoms with Crippen LogP contribution in [-0.2, 0) is 6.54 Å². The summed E-state index contributed by atoms with van der Waals surface area (Å²) in [6.07, 6.45) is 3.74. The van der Waals surface area contributed by atoms with Crippen molar-refractivity contribution in [3.05, 3.63) is 28.8 Å². The van der Waals surface area contributed by atoms with Crippen LogP contribution in [-0.4, -0.2) is 19.6 Å². The van der Waals surface area contributed by atoms with Crippen LogP contribution < -0.4 is 10.2 Å². The smallest absolute Gasteiger partial charge is 0.0642 e. The first-order chi connectivity index (χ1) is 9.06. The van der Waals surface area contributed by atoms with Gasteiger partial charge < -0.3 is 10.2 Å². The van der Waals surface area contributed by atoms with Crippen LogP contribution >= 0.6 is 11.6 Å². The summed E-state index contributed by atoms with van der Waals surface area (Å²) in [6.45, 7) is 8.48. The Kier molecular flexibility index (Phi) is 7.25. The lowest BCUT2D eigenvalue weighted by Gasteiger charge is -2.24. The van der Waals surface area contributed by atoms with Crippen LogP contribution in [0.15, 0.2) is 18.2 Å². The molecule has 0 bridgehead atoms. The first-order valence-corrected chi connectivity index (χ1v) is 7.66. The van der Waals surface area contributed by atoms with E-state index in [1.165, 1.54) is 30.5 Å². The van der Waals surface area contributed by atoms with E-state index in [2.05, 4.69) is 44.1 Å². The molecule has 0 spiro atoms. The molecular formula is C16H27ClN2. The summed E-state index contributed by atoms with van der Waals surface area (Å²) in [5, 5.41) is 4.32. The number of benzene rings is 1. The number of hydrogen-bond acceptors (Lipinski definition) is 2. The molecule has 0 fully saturated rings. The second-order valence-corrected chi connectivity index (χ2v) is 5.82. The minimum absolute atomic E-state index is 0.484. The molecule has 3 heteroatoms. The van der Waals surface area contributed by atoms with Gasteiger partial charge in [-0.3, -0.25) is 0 Å². The van der Waals surface area contributed by atoms with Crippen LogP contribution in [0.3, 0.4) is 0 Å². The maximum Gasteiger partial charge on any atom is 0.0642 e. The summed E-state index contributed by atoms with van der Waals surface area (Å²) in [5.74, 6) is 0. The average molecular weight is 283 g/mol. The van der Waals surface area contributed by atoms with Crippen molar-refractivity contribution in [1.29, 1.82) is 0 Å². The number of unbranched alkanes of at least 4 members (excludes halogenated alkanes) is 2. The van der Waals surface area contributed by atoms with Crippen molar-refractivity contribution in [2.75, 3.05) is 18.5 Å². The van der Waals surface area contributed by atoms with E-state index < -0.39 is 0 Å². The number of halogens is 1. The summed E-state index contributed by atoms with van der Waals surface area (Å²) in [6, 6.07) is 6.65. The predicted octanol–water partition coefficient (Wildman–Crippen LogP) is 4.46. The highest BCUT2D eigenvalue weighted by molar-refractivity contribution is 6.33. The van der Waals surface area contributed by atoms with Gasteiger partial charge in [-0.05, 0) is 18.1 Å². The third-order valence-corrected chi connectivity index (χ3v) is 3.55. The van der Waals surface area contributed by atoms with Crippen molar-refractivity contribution in [2.45, 2.75) is 52.6 Å². The molecule has 2 nitrogen and oxygen atoms in total. The zero-order valence-electron chi connectivity index (χ0n) is 12.7. The van der Waals surface area contributed by atoms with Gasteiger partial charge in [0.15, 0.2) is 0 Å². The predicted molar refractivity (Wildman–Crippen MR) is 86.2 cm³/mol. The normalized spacial score (nSPS) is 11.1. The molecule has 0 aliphatic heterocycles. The number of nitrogens with one attached hydrogen (secondary N) is 1. The summed E-state index contributed by atoms with van der Waals surface area (Å²) in [7, 11) is 2.13.